The third kappa shape index (κ3) is 9.13. The van der Waals surface area contributed by atoms with Gasteiger partial charge in [0, 0.05) is 17.8 Å². The fourth-order valence-electron chi connectivity index (χ4n) is 5.14. The third-order valence-corrected chi connectivity index (χ3v) is 8.77. The number of nitriles is 3. The Balaban J connectivity index is 1.51. The number of nitrogens with one attached hydrogen (secondary N) is 1. The van der Waals surface area contributed by atoms with Crippen LogP contribution in [0, 0.1) is 39.9 Å². The van der Waals surface area contributed by atoms with E-state index >= 15 is 0 Å². The lowest BCUT2D eigenvalue weighted by Crippen LogP contribution is -2.29. The number of anilines is 1. The molecule has 0 bridgehead atoms. The molecule has 1 atom stereocenters. The Morgan fingerprint density at radius 2 is 1.78 bits per heavy atom. The number of hydrogen-bond acceptors (Lipinski definition) is 11. The zero-order valence-electron chi connectivity index (χ0n) is 27.6. The topological polar surface area (TPSA) is 168 Å². The van der Waals surface area contributed by atoms with Crippen LogP contribution in [0.15, 0.2) is 93.3 Å². The van der Waals surface area contributed by atoms with Gasteiger partial charge in [-0.1, -0.05) is 68.4 Å². The predicted octanol–water partition coefficient (Wildman–Crippen LogP) is 8.08. The Bertz CT molecular complexity index is 1890. The summed E-state index contributed by atoms with van der Waals surface area (Å²) in [4.78, 5) is 32.6. The summed E-state index contributed by atoms with van der Waals surface area (Å²) in [5.41, 5.74) is 2.54. The first-order valence-corrected chi connectivity index (χ1v) is 16.9. The summed E-state index contributed by atoms with van der Waals surface area (Å²) in [6, 6.07) is 22.4. The van der Waals surface area contributed by atoms with E-state index in [1.54, 1.807) is 18.2 Å². The summed E-state index contributed by atoms with van der Waals surface area (Å²) in [6.07, 6.45) is 6.85. The van der Waals surface area contributed by atoms with E-state index in [1.165, 1.54) is 17.4 Å². The summed E-state index contributed by atoms with van der Waals surface area (Å²) in [5.74, 6) is -0.756. The van der Waals surface area contributed by atoms with Crippen molar-refractivity contribution in [2.75, 3.05) is 24.6 Å². The molecule has 2 aromatic carbocycles. The van der Waals surface area contributed by atoms with Crippen molar-refractivity contribution in [1.82, 2.24) is 10.3 Å². The molecule has 0 aliphatic carbocycles. The van der Waals surface area contributed by atoms with E-state index in [9.17, 15) is 25.4 Å². The lowest BCUT2D eigenvalue weighted by atomic mass is 10.00. The Hall–Kier alpha value is -5.90. The van der Waals surface area contributed by atoms with E-state index in [-0.39, 0.29) is 34.3 Å². The van der Waals surface area contributed by atoms with Crippen LogP contribution in [0.2, 0.25) is 0 Å². The molecule has 1 unspecified atom stereocenters. The molecule has 2 heterocycles. The van der Waals surface area contributed by atoms with Gasteiger partial charge in [-0.05, 0) is 56.2 Å². The molecule has 1 amide bonds. The summed E-state index contributed by atoms with van der Waals surface area (Å²) < 4.78 is 5.60. The van der Waals surface area contributed by atoms with Crippen LogP contribution in [0.5, 0.6) is 0 Å². The Kier molecular flexibility index (Phi) is 13.1. The van der Waals surface area contributed by atoms with Crippen molar-refractivity contribution in [3.05, 3.63) is 88.0 Å². The Morgan fingerprint density at radius 3 is 2.41 bits per heavy atom. The predicted molar refractivity (Wildman–Crippen MR) is 188 cm³/mol. The SMILES string of the molecule is CCCCC(CC)C(=O)OCCN(CC)c1ccc(/N=N/c2nc(-c3ccccc3)c(/C=C/C3=C(C#N)C(=C(C#N)C#N)NC3=O)s2)cc1. The van der Waals surface area contributed by atoms with Crippen molar-refractivity contribution in [1.29, 1.82) is 15.8 Å². The second-order valence-corrected chi connectivity index (χ2v) is 12.0. The first kappa shape index (κ1) is 35.9. The third-order valence-electron chi connectivity index (χ3n) is 7.86. The van der Waals surface area contributed by atoms with Gasteiger partial charge in [0.1, 0.15) is 24.8 Å². The van der Waals surface area contributed by atoms with E-state index in [1.807, 2.05) is 74.5 Å². The molecule has 4 rings (SSSR count). The maximum Gasteiger partial charge on any atom is 0.308 e. The number of hydrogen-bond donors (Lipinski definition) is 1. The van der Waals surface area contributed by atoms with Gasteiger partial charge in [0.15, 0.2) is 5.57 Å². The van der Waals surface area contributed by atoms with E-state index in [4.69, 9.17) is 9.72 Å². The van der Waals surface area contributed by atoms with Crippen LogP contribution in [-0.4, -0.2) is 36.6 Å². The zero-order valence-corrected chi connectivity index (χ0v) is 28.5. The molecule has 1 aromatic heterocycles. The number of aromatic nitrogens is 1. The van der Waals surface area contributed by atoms with Gasteiger partial charge in [0.05, 0.1) is 45.6 Å². The Labute approximate surface area is 290 Å². The average molecular weight is 673 g/mol. The van der Waals surface area contributed by atoms with Gasteiger partial charge >= 0.3 is 5.97 Å². The highest BCUT2D eigenvalue weighted by Crippen LogP contribution is 2.35. The van der Waals surface area contributed by atoms with Crippen LogP contribution in [-0.2, 0) is 14.3 Å². The fraction of sp³-hybridized carbons (Fsp3) is 0.297. The highest BCUT2D eigenvalue weighted by Gasteiger charge is 2.28. The van der Waals surface area contributed by atoms with Crippen molar-refractivity contribution in [2.45, 2.75) is 46.5 Å². The highest BCUT2D eigenvalue weighted by molar-refractivity contribution is 7.16. The molecule has 12 heteroatoms. The Morgan fingerprint density at radius 1 is 1.04 bits per heavy atom. The highest BCUT2D eigenvalue weighted by atomic mass is 32.1. The fourth-order valence-corrected chi connectivity index (χ4v) is 5.95. The molecular weight excluding hydrogens is 637 g/mol. The molecule has 1 aliphatic rings. The number of nitrogens with zero attached hydrogens (tertiary/aromatic N) is 7. The standard InChI is InChI=1S/C37H36N8O3S/c1-4-7-11-25(5-2)36(47)48-21-20-45(6-3)29-16-14-28(15-17-29)43-44-37-42-34(26-12-9-8-10-13-26)32(49-37)19-18-30-31(24-40)33(41-35(30)46)27(22-38)23-39/h8-10,12-19,25H,4-7,11,20-21H2,1-3H3,(H,41,46)/b19-18+,44-43+. The van der Waals surface area contributed by atoms with Crippen molar-refractivity contribution >= 4 is 45.8 Å². The number of amides is 1. The molecule has 1 N–H and O–H groups in total. The molecule has 0 saturated heterocycles. The molecule has 1 aliphatic heterocycles. The van der Waals surface area contributed by atoms with Gasteiger partial charge in [-0.15, -0.1) is 10.2 Å². The number of thiazole rings is 1. The number of allylic oxidation sites excluding steroid dienone is 2. The van der Waals surface area contributed by atoms with Crippen LogP contribution in [0.3, 0.4) is 0 Å². The largest absolute Gasteiger partial charge is 0.464 e. The average Bonchev–Trinajstić information content (AvgIpc) is 3.69. The normalized spacial score (nSPS) is 13.2. The minimum Gasteiger partial charge on any atom is -0.464 e. The molecular formula is C37H36N8O3S. The molecule has 3 aromatic rings. The van der Waals surface area contributed by atoms with E-state index in [0.717, 1.165) is 43.5 Å². The molecule has 49 heavy (non-hydrogen) atoms. The molecule has 0 saturated carbocycles. The van der Waals surface area contributed by atoms with Crippen LogP contribution >= 0.6 is 11.3 Å². The van der Waals surface area contributed by atoms with Crippen molar-refractivity contribution in [2.24, 2.45) is 16.1 Å². The summed E-state index contributed by atoms with van der Waals surface area (Å²) >= 11 is 1.25. The van der Waals surface area contributed by atoms with Gasteiger partial charge < -0.3 is 15.0 Å². The first-order valence-electron chi connectivity index (χ1n) is 16.0. The number of carbonyl (C=O) groups is 2. The second kappa shape index (κ2) is 17.9. The van der Waals surface area contributed by atoms with Gasteiger partial charge in [-0.2, -0.15) is 15.8 Å². The zero-order chi connectivity index (χ0) is 35.2. The van der Waals surface area contributed by atoms with E-state index in [2.05, 4.69) is 27.4 Å². The summed E-state index contributed by atoms with van der Waals surface area (Å²) in [6.45, 7) is 7.83. The minimum absolute atomic E-state index is 0.0348. The maximum atomic E-state index is 12.7. The van der Waals surface area contributed by atoms with Crippen LogP contribution < -0.4 is 10.2 Å². The minimum atomic E-state index is -0.588. The quantitative estimate of drug-likeness (QED) is 0.0960. The number of ether oxygens (including phenoxy) is 1. The number of carbonyl (C=O) groups excluding carboxylic acids is 2. The monoisotopic (exact) mass is 672 g/mol. The van der Waals surface area contributed by atoms with Crippen molar-refractivity contribution in [3.63, 3.8) is 0 Å². The van der Waals surface area contributed by atoms with Crippen molar-refractivity contribution < 1.29 is 14.3 Å². The number of likely N-dealkylation sites (N-methyl/N-ethyl adjacent to an activating group) is 1. The van der Waals surface area contributed by atoms with Gasteiger partial charge in [-0.25, -0.2) is 4.98 Å². The molecule has 11 nitrogen and oxygen atoms in total. The lowest BCUT2D eigenvalue weighted by Gasteiger charge is -2.23. The van der Waals surface area contributed by atoms with Crippen LogP contribution in [0.25, 0.3) is 17.3 Å². The van der Waals surface area contributed by atoms with E-state index < -0.39 is 5.91 Å². The van der Waals surface area contributed by atoms with Crippen LogP contribution in [0.1, 0.15) is 51.3 Å². The molecule has 0 fully saturated rings. The number of esters is 1. The number of unbranched alkanes of at least 4 members (excludes halogenated alkanes) is 1. The van der Waals surface area contributed by atoms with Crippen molar-refractivity contribution in [3.8, 4) is 29.5 Å². The van der Waals surface area contributed by atoms with Gasteiger partial charge in [0.2, 0.25) is 5.13 Å². The van der Waals surface area contributed by atoms with Gasteiger partial charge in [0.25, 0.3) is 5.91 Å². The van der Waals surface area contributed by atoms with Gasteiger partial charge in [-0.3, -0.25) is 9.59 Å². The second-order valence-electron chi connectivity index (χ2n) is 10.9. The first-order chi connectivity index (χ1) is 23.9. The number of azo groups is 1. The van der Waals surface area contributed by atoms with E-state index in [0.29, 0.717) is 34.5 Å². The summed E-state index contributed by atoms with van der Waals surface area (Å²) in [7, 11) is 0. The molecule has 248 valence electrons. The number of rotatable bonds is 15. The van der Waals surface area contributed by atoms with Crippen LogP contribution in [0.4, 0.5) is 16.5 Å². The number of benzene rings is 2. The maximum absolute atomic E-state index is 12.7. The lowest BCUT2D eigenvalue weighted by molar-refractivity contribution is -0.148. The summed E-state index contributed by atoms with van der Waals surface area (Å²) in [5, 5.41) is 39.8. The molecule has 0 spiro atoms. The smallest absolute Gasteiger partial charge is 0.308 e. The molecule has 0 radical (unpaired) electrons.